The lowest BCUT2D eigenvalue weighted by Gasteiger charge is -2.32. The zero-order valence-electron chi connectivity index (χ0n) is 12.5. The molecule has 0 aromatic heterocycles. The minimum absolute atomic E-state index is 0.255. The van der Waals surface area contributed by atoms with Gasteiger partial charge in [0, 0.05) is 6.04 Å². The number of aryl methyl sites for hydroxylation is 2. The van der Waals surface area contributed by atoms with Gasteiger partial charge in [-0.15, -0.1) is 0 Å². The number of ether oxygens (including phenoxy) is 1. The average molecular weight is 265 g/mol. The first-order valence-corrected chi connectivity index (χ1v) is 6.31. The van der Waals surface area contributed by atoms with Crippen molar-refractivity contribution in [3.63, 3.8) is 0 Å². The van der Waals surface area contributed by atoms with Crippen molar-refractivity contribution in [3.8, 4) is 5.75 Å². The van der Waals surface area contributed by atoms with Crippen LogP contribution in [0.2, 0.25) is 0 Å². The highest BCUT2D eigenvalue weighted by Crippen LogP contribution is 2.37. The van der Waals surface area contributed by atoms with Gasteiger partial charge in [0.15, 0.2) is 0 Å². The van der Waals surface area contributed by atoms with Crippen molar-refractivity contribution >= 4 is 5.97 Å². The molecule has 106 valence electrons. The summed E-state index contributed by atoms with van der Waals surface area (Å²) in [5.74, 6) is 0.00366. The molecular formula is C15H23NO3. The fourth-order valence-electron chi connectivity index (χ4n) is 2.37. The first-order valence-electron chi connectivity index (χ1n) is 6.31. The van der Waals surface area contributed by atoms with Crippen LogP contribution in [0.4, 0.5) is 0 Å². The van der Waals surface area contributed by atoms with Crippen molar-refractivity contribution in [3.05, 3.63) is 28.8 Å². The van der Waals surface area contributed by atoms with Crippen molar-refractivity contribution in [1.29, 1.82) is 0 Å². The molecule has 4 heteroatoms. The number of nitrogens with one attached hydrogen (secondary N) is 1. The maximum atomic E-state index is 11.4. The topological polar surface area (TPSA) is 58.6 Å². The Balaban J connectivity index is 3.34. The lowest BCUT2D eigenvalue weighted by Crippen LogP contribution is -2.38. The molecule has 1 aromatic carbocycles. The minimum Gasteiger partial charge on any atom is -0.496 e. The second kappa shape index (κ2) is 5.61. The lowest BCUT2D eigenvalue weighted by molar-refractivity contribution is -0.148. The first-order chi connectivity index (χ1) is 8.75. The number of methoxy groups -OCH3 is 1. The number of aliphatic carboxylic acids is 1. The largest absolute Gasteiger partial charge is 0.496 e. The van der Waals surface area contributed by atoms with E-state index in [1.54, 1.807) is 28.0 Å². The molecule has 19 heavy (non-hydrogen) atoms. The van der Waals surface area contributed by atoms with Gasteiger partial charge < -0.3 is 15.2 Å². The fourth-order valence-corrected chi connectivity index (χ4v) is 2.37. The number of carboxylic acids is 1. The molecule has 0 aliphatic rings. The van der Waals surface area contributed by atoms with E-state index in [0.717, 1.165) is 22.4 Å². The Hall–Kier alpha value is -1.55. The molecule has 2 N–H and O–H groups in total. The van der Waals surface area contributed by atoms with Crippen LogP contribution in [0.5, 0.6) is 5.75 Å². The number of benzene rings is 1. The van der Waals surface area contributed by atoms with Crippen LogP contribution in [0.1, 0.15) is 36.6 Å². The van der Waals surface area contributed by atoms with Crippen LogP contribution in [0, 0.1) is 19.3 Å². The Kier molecular flexibility index (Phi) is 4.58. The third kappa shape index (κ3) is 2.89. The zero-order chi connectivity index (χ0) is 14.8. The van der Waals surface area contributed by atoms with Gasteiger partial charge in [-0.25, -0.2) is 0 Å². The van der Waals surface area contributed by atoms with Gasteiger partial charge in [0.25, 0.3) is 0 Å². The second-order valence-corrected chi connectivity index (χ2v) is 5.43. The summed E-state index contributed by atoms with van der Waals surface area (Å²) in [6, 6.07) is 3.70. The molecule has 0 bridgehead atoms. The van der Waals surface area contributed by atoms with E-state index in [1.165, 1.54) is 0 Å². The van der Waals surface area contributed by atoms with E-state index in [9.17, 15) is 9.90 Å². The quantitative estimate of drug-likeness (QED) is 0.859. The third-order valence-electron chi connectivity index (χ3n) is 3.66. The molecule has 4 nitrogen and oxygen atoms in total. The molecule has 0 radical (unpaired) electrons. The molecule has 0 amide bonds. The molecule has 1 unspecified atom stereocenters. The Bertz CT molecular complexity index is 481. The molecule has 0 spiro atoms. The SMILES string of the molecule is CNC(c1cc(C)c(OC)cc1C)C(C)(C)C(=O)O. The number of hydrogen-bond donors (Lipinski definition) is 2. The Labute approximate surface area is 114 Å². The summed E-state index contributed by atoms with van der Waals surface area (Å²) < 4.78 is 5.29. The maximum absolute atomic E-state index is 11.4. The number of hydrogen-bond acceptors (Lipinski definition) is 3. The van der Waals surface area contributed by atoms with Crippen molar-refractivity contribution in [1.82, 2.24) is 5.32 Å². The summed E-state index contributed by atoms with van der Waals surface area (Å²) in [7, 11) is 3.42. The zero-order valence-corrected chi connectivity index (χ0v) is 12.5. The van der Waals surface area contributed by atoms with Gasteiger partial charge in [0.2, 0.25) is 0 Å². The van der Waals surface area contributed by atoms with E-state index >= 15 is 0 Å². The summed E-state index contributed by atoms with van der Waals surface area (Å²) in [5.41, 5.74) is 2.13. The standard InChI is InChI=1S/C15H23NO3/c1-9-8-12(19-6)10(2)7-11(9)13(16-5)15(3,4)14(17)18/h7-8,13,16H,1-6H3,(H,17,18). The Morgan fingerprint density at radius 3 is 2.32 bits per heavy atom. The molecule has 0 aliphatic carbocycles. The summed E-state index contributed by atoms with van der Waals surface area (Å²) >= 11 is 0. The van der Waals surface area contributed by atoms with E-state index in [4.69, 9.17) is 4.74 Å². The molecule has 0 heterocycles. The summed E-state index contributed by atoms with van der Waals surface area (Å²) in [4.78, 5) is 11.4. The van der Waals surface area contributed by atoms with Gasteiger partial charge >= 0.3 is 5.97 Å². The molecular weight excluding hydrogens is 242 g/mol. The van der Waals surface area contributed by atoms with Crippen molar-refractivity contribution in [2.75, 3.05) is 14.2 Å². The summed E-state index contributed by atoms with van der Waals surface area (Å²) in [5, 5.41) is 12.5. The van der Waals surface area contributed by atoms with Crippen LogP contribution < -0.4 is 10.1 Å². The lowest BCUT2D eigenvalue weighted by atomic mass is 9.78. The highest BCUT2D eigenvalue weighted by Gasteiger charge is 2.37. The van der Waals surface area contributed by atoms with Crippen LogP contribution >= 0.6 is 0 Å². The minimum atomic E-state index is -0.888. The maximum Gasteiger partial charge on any atom is 0.311 e. The van der Waals surface area contributed by atoms with Gasteiger partial charge in [-0.1, -0.05) is 6.07 Å². The summed E-state index contributed by atoms with van der Waals surface area (Å²) in [6.07, 6.45) is 0. The van der Waals surface area contributed by atoms with Crippen LogP contribution in [0.15, 0.2) is 12.1 Å². The molecule has 0 fully saturated rings. The molecule has 1 rings (SSSR count). The summed E-state index contributed by atoms with van der Waals surface area (Å²) in [6.45, 7) is 7.40. The Morgan fingerprint density at radius 2 is 1.89 bits per heavy atom. The molecule has 0 aliphatic heterocycles. The van der Waals surface area contributed by atoms with E-state index in [0.29, 0.717) is 0 Å². The number of carboxylic acid groups (broad SMARTS) is 1. The van der Waals surface area contributed by atoms with E-state index in [-0.39, 0.29) is 6.04 Å². The highest BCUT2D eigenvalue weighted by molar-refractivity contribution is 5.75. The molecule has 0 saturated carbocycles. The van der Waals surface area contributed by atoms with Crippen LogP contribution in [-0.4, -0.2) is 25.2 Å². The van der Waals surface area contributed by atoms with Gasteiger partial charge in [-0.2, -0.15) is 0 Å². The molecule has 0 saturated heterocycles. The number of carbonyl (C=O) groups is 1. The highest BCUT2D eigenvalue weighted by atomic mass is 16.5. The molecule has 1 aromatic rings. The van der Waals surface area contributed by atoms with Crippen LogP contribution in [0.3, 0.4) is 0 Å². The van der Waals surface area contributed by atoms with E-state index in [2.05, 4.69) is 5.32 Å². The van der Waals surface area contributed by atoms with Gasteiger partial charge in [-0.05, 0) is 57.5 Å². The smallest absolute Gasteiger partial charge is 0.311 e. The van der Waals surface area contributed by atoms with Gasteiger partial charge in [-0.3, -0.25) is 4.79 Å². The van der Waals surface area contributed by atoms with Crippen molar-refractivity contribution < 1.29 is 14.6 Å². The van der Waals surface area contributed by atoms with Gasteiger partial charge in [0.1, 0.15) is 5.75 Å². The van der Waals surface area contributed by atoms with E-state index in [1.807, 2.05) is 26.0 Å². The third-order valence-corrected chi connectivity index (χ3v) is 3.66. The first kappa shape index (κ1) is 15.5. The van der Waals surface area contributed by atoms with E-state index < -0.39 is 11.4 Å². The van der Waals surface area contributed by atoms with Crippen LogP contribution in [-0.2, 0) is 4.79 Å². The Morgan fingerprint density at radius 1 is 1.32 bits per heavy atom. The predicted molar refractivity (Wildman–Crippen MR) is 75.7 cm³/mol. The normalized spacial score (nSPS) is 13.2. The molecule has 1 atom stereocenters. The fraction of sp³-hybridized carbons (Fsp3) is 0.533. The monoisotopic (exact) mass is 265 g/mol. The van der Waals surface area contributed by atoms with Gasteiger partial charge in [0.05, 0.1) is 12.5 Å². The number of rotatable bonds is 5. The average Bonchev–Trinajstić information content (AvgIpc) is 2.33. The second-order valence-electron chi connectivity index (χ2n) is 5.43. The predicted octanol–water partition coefficient (Wildman–Crippen LogP) is 2.68. The van der Waals surface area contributed by atoms with Crippen LogP contribution in [0.25, 0.3) is 0 Å². The van der Waals surface area contributed by atoms with Crippen molar-refractivity contribution in [2.45, 2.75) is 33.7 Å². The van der Waals surface area contributed by atoms with Crippen molar-refractivity contribution in [2.24, 2.45) is 5.41 Å².